The fraction of sp³-hybridized carbons (Fsp3) is 0.500. The molecule has 0 saturated heterocycles. The van der Waals surface area contributed by atoms with E-state index >= 15 is 0 Å². The van der Waals surface area contributed by atoms with Crippen LogP contribution in [0.1, 0.15) is 31.1 Å². The van der Waals surface area contributed by atoms with Gasteiger partial charge in [-0.25, -0.2) is 4.79 Å². The zero-order valence-corrected chi connectivity index (χ0v) is 9.61. The quantitative estimate of drug-likeness (QED) is 0.480. The van der Waals surface area contributed by atoms with Gasteiger partial charge in [-0.2, -0.15) is 10.1 Å². The number of hydrogen-bond donors (Lipinski definition) is 1. The average Bonchev–Trinajstić information content (AvgIpc) is 2.66. The van der Waals surface area contributed by atoms with Gasteiger partial charge in [0.1, 0.15) is 5.56 Å². The molecule has 16 heavy (non-hydrogen) atoms. The number of carbonyl (C=O) groups excluding carboxylic acids is 1. The number of rotatable bonds is 4. The molecule has 1 N–H and O–H groups in total. The Bertz CT molecular complexity index is 384. The highest BCUT2D eigenvalue weighted by molar-refractivity contribution is 5.94. The average molecular weight is 225 g/mol. The number of esters is 1. The van der Waals surface area contributed by atoms with Crippen molar-refractivity contribution < 1.29 is 14.3 Å². The Labute approximate surface area is 93.7 Å². The lowest BCUT2D eigenvalue weighted by Gasteiger charge is -2.01. The van der Waals surface area contributed by atoms with Crippen LogP contribution in [0.4, 0.5) is 5.82 Å². The SMILES string of the molecule is CCOC(=O)c1c[nH]nc1N=C(C)OCC. The van der Waals surface area contributed by atoms with E-state index in [1.165, 1.54) is 6.20 Å². The zero-order valence-electron chi connectivity index (χ0n) is 9.61. The number of nitrogens with one attached hydrogen (secondary N) is 1. The van der Waals surface area contributed by atoms with Gasteiger partial charge in [-0.3, -0.25) is 5.10 Å². The minimum absolute atomic E-state index is 0.282. The molecule has 0 saturated carbocycles. The highest BCUT2D eigenvalue weighted by Crippen LogP contribution is 2.16. The first kappa shape index (κ1) is 12.2. The minimum atomic E-state index is -0.445. The van der Waals surface area contributed by atoms with Gasteiger partial charge in [0.2, 0.25) is 0 Å². The van der Waals surface area contributed by atoms with Crippen molar-refractivity contribution in [3.63, 3.8) is 0 Å². The monoisotopic (exact) mass is 225 g/mol. The first-order valence-electron chi connectivity index (χ1n) is 5.08. The predicted octanol–water partition coefficient (Wildman–Crippen LogP) is 1.67. The lowest BCUT2D eigenvalue weighted by molar-refractivity contribution is 0.0527. The third kappa shape index (κ3) is 3.08. The van der Waals surface area contributed by atoms with Gasteiger partial charge in [-0.05, 0) is 13.8 Å². The molecule has 1 aromatic rings. The van der Waals surface area contributed by atoms with Gasteiger partial charge in [-0.1, -0.05) is 0 Å². The van der Waals surface area contributed by atoms with E-state index in [4.69, 9.17) is 9.47 Å². The largest absolute Gasteiger partial charge is 0.481 e. The van der Waals surface area contributed by atoms with Gasteiger partial charge in [-0.15, -0.1) is 0 Å². The third-order valence-electron chi connectivity index (χ3n) is 1.73. The van der Waals surface area contributed by atoms with Crippen LogP contribution in [-0.2, 0) is 9.47 Å². The summed E-state index contributed by atoms with van der Waals surface area (Å²) in [6.45, 7) is 6.14. The fourth-order valence-electron chi connectivity index (χ4n) is 1.12. The summed E-state index contributed by atoms with van der Waals surface area (Å²) >= 11 is 0. The molecular weight excluding hydrogens is 210 g/mol. The number of ether oxygens (including phenoxy) is 2. The van der Waals surface area contributed by atoms with Crippen LogP contribution in [0.15, 0.2) is 11.2 Å². The van der Waals surface area contributed by atoms with Gasteiger partial charge in [0.25, 0.3) is 0 Å². The van der Waals surface area contributed by atoms with Crippen molar-refractivity contribution in [2.45, 2.75) is 20.8 Å². The van der Waals surface area contributed by atoms with E-state index in [0.717, 1.165) is 0 Å². The normalized spacial score (nSPS) is 11.3. The Morgan fingerprint density at radius 2 is 2.12 bits per heavy atom. The molecule has 0 fully saturated rings. The molecule has 0 radical (unpaired) electrons. The maximum Gasteiger partial charge on any atom is 0.343 e. The number of aliphatic imine (C=N–C) groups is 1. The molecule has 0 spiro atoms. The van der Waals surface area contributed by atoms with Gasteiger partial charge in [0, 0.05) is 13.1 Å². The molecule has 6 nitrogen and oxygen atoms in total. The summed E-state index contributed by atoms with van der Waals surface area (Å²) in [5.41, 5.74) is 0.306. The van der Waals surface area contributed by atoms with Crippen molar-refractivity contribution in [1.82, 2.24) is 10.2 Å². The van der Waals surface area contributed by atoms with Crippen LogP contribution in [0.25, 0.3) is 0 Å². The topological polar surface area (TPSA) is 76.6 Å². The Morgan fingerprint density at radius 1 is 1.44 bits per heavy atom. The highest BCUT2D eigenvalue weighted by Gasteiger charge is 2.14. The summed E-state index contributed by atoms with van der Waals surface area (Å²) in [7, 11) is 0. The molecular formula is C10H15N3O3. The van der Waals surface area contributed by atoms with Gasteiger partial charge >= 0.3 is 5.97 Å². The summed E-state index contributed by atoms with van der Waals surface area (Å²) < 4.78 is 10.0. The molecule has 0 unspecified atom stereocenters. The highest BCUT2D eigenvalue weighted by atomic mass is 16.5. The summed E-state index contributed by atoms with van der Waals surface area (Å²) in [6.07, 6.45) is 1.45. The van der Waals surface area contributed by atoms with Crippen LogP contribution < -0.4 is 0 Å². The van der Waals surface area contributed by atoms with Crippen LogP contribution >= 0.6 is 0 Å². The van der Waals surface area contributed by atoms with Crippen molar-refractivity contribution in [3.8, 4) is 0 Å². The molecule has 1 rings (SSSR count). The zero-order chi connectivity index (χ0) is 12.0. The van der Waals surface area contributed by atoms with Gasteiger partial charge in [0.15, 0.2) is 11.7 Å². The van der Waals surface area contributed by atoms with E-state index in [2.05, 4.69) is 15.2 Å². The molecule has 1 heterocycles. The Morgan fingerprint density at radius 3 is 2.75 bits per heavy atom. The summed E-state index contributed by atoms with van der Waals surface area (Å²) in [5, 5.41) is 6.42. The van der Waals surface area contributed by atoms with Crippen molar-refractivity contribution in [2.75, 3.05) is 13.2 Å². The number of nitrogens with zero attached hydrogens (tertiary/aromatic N) is 2. The second-order valence-corrected chi connectivity index (χ2v) is 2.91. The van der Waals surface area contributed by atoms with Crippen LogP contribution in [0.2, 0.25) is 0 Å². The van der Waals surface area contributed by atoms with Crippen molar-refractivity contribution in [2.24, 2.45) is 4.99 Å². The van der Waals surface area contributed by atoms with Gasteiger partial charge < -0.3 is 9.47 Å². The standard InChI is InChI=1S/C10H15N3O3/c1-4-15-7(3)12-9-8(6-11-13-9)10(14)16-5-2/h6H,4-5H2,1-3H3,(H,11,13). The molecule has 6 heteroatoms. The van der Waals surface area contributed by atoms with Crippen LogP contribution in [-0.4, -0.2) is 35.3 Å². The summed E-state index contributed by atoms with van der Waals surface area (Å²) in [4.78, 5) is 15.5. The Kier molecular flexibility index (Phi) is 4.50. The number of H-pyrrole nitrogens is 1. The van der Waals surface area contributed by atoms with E-state index in [0.29, 0.717) is 24.7 Å². The van der Waals surface area contributed by atoms with E-state index in [1.807, 2.05) is 6.92 Å². The predicted molar refractivity (Wildman–Crippen MR) is 58.9 cm³/mol. The smallest absolute Gasteiger partial charge is 0.343 e. The lowest BCUT2D eigenvalue weighted by Crippen LogP contribution is -2.04. The summed E-state index contributed by atoms with van der Waals surface area (Å²) in [5.74, 6) is 0.295. The first-order valence-corrected chi connectivity index (χ1v) is 5.08. The number of carbonyl (C=O) groups is 1. The second kappa shape index (κ2) is 5.89. The third-order valence-corrected chi connectivity index (χ3v) is 1.73. The van der Waals surface area contributed by atoms with Crippen molar-refractivity contribution in [1.29, 1.82) is 0 Å². The van der Waals surface area contributed by atoms with Gasteiger partial charge in [0.05, 0.1) is 13.2 Å². The first-order chi connectivity index (χ1) is 7.69. The molecule has 0 bridgehead atoms. The molecule has 0 aliphatic carbocycles. The summed E-state index contributed by atoms with van der Waals surface area (Å²) in [6, 6.07) is 0. The van der Waals surface area contributed by atoms with E-state index in [-0.39, 0.29) is 5.82 Å². The molecule has 88 valence electrons. The van der Waals surface area contributed by atoms with E-state index < -0.39 is 5.97 Å². The van der Waals surface area contributed by atoms with E-state index in [9.17, 15) is 4.79 Å². The lowest BCUT2D eigenvalue weighted by atomic mass is 10.3. The second-order valence-electron chi connectivity index (χ2n) is 2.91. The number of hydrogen-bond acceptors (Lipinski definition) is 5. The van der Waals surface area contributed by atoms with E-state index in [1.54, 1.807) is 13.8 Å². The van der Waals surface area contributed by atoms with Crippen LogP contribution in [0.3, 0.4) is 0 Å². The van der Waals surface area contributed by atoms with Crippen molar-refractivity contribution >= 4 is 17.7 Å². The molecule has 0 aliphatic heterocycles. The molecule has 0 amide bonds. The molecule has 1 aromatic heterocycles. The molecule has 0 atom stereocenters. The van der Waals surface area contributed by atoms with Crippen LogP contribution in [0.5, 0.6) is 0 Å². The number of aromatic amines is 1. The molecule has 0 aromatic carbocycles. The molecule has 0 aliphatic rings. The minimum Gasteiger partial charge on any atom is -0.481 e. The fourth-order valence-corrected chi connectivity index (χ4v) is 1.12. The van der Waals surface area contributed by atoms with Crippen LogP contribution in [0, 0.1) is 0 Å². The Hall–Kier alpha value is -1.85. The Balaban J connectivity index is 2.86. The maximum absolute atomic E-state index is 11.5. The maximum atomic E-state index is 11.5. The number of aromatic nitrogens is 2. The van der Waals surface area contributed by atoms with Crippen molar-refractivity contribution in [3.05, 3.63) is 11.8 Å².